The molecule has 0 spiro atoms. The fourth-order valence-corrected chi connectivity index (χ4v) is 4.43. The lowest BCUT2D eigenvalue weighted by Gasteiger charge is -2.38. The van der Waals surface area contributed by atoms with Gasteiger partial charge in [0.15, 0.2) is 0 Å². The predicted octanol–water partition coefficient (Wildman–Crippen LogP) is 4.81. The molecular formula is C26H36N2O. The highest BCUT2D eigenvalue weighted by Gasteiger charge is 2.25. The maximum Gasteiger partial charge on any atom is 0.222 e. The predicted molar refractivity (Wildman–Crippen MR) is 121 cm³/mol. The van der Waals surface area contributed by atoms with Crippen molar-refractivity contribution < 1.29 is 4.79 Å². The van der Waals surface area contributed by atoms with Crippen LogP contribution in [0.1, 0.15) is 44.2 Å². The minimum atomic E-state index is 0.270. The Labute approximate surface area is 176 Å². The number of carbonyl (C=O) groups is 1. The molecule has 0 radical (unpaired) electrons. The first-order chi connectivity index (χ1) is 14.2. The van der Waals surface area contributed by atoms with Gasteiger partial charge in [0, 0.05) is 25.6 Å². The Morgan fingerprint density at radius 3 is 2.17 bits per heavy atom. The van der Waals surface area contributed by atoms with Crippen LogP contribution in [0.4, 0.5) is 0 Å². The Morgan fingerprint density at radius 2 is 1.59 bits per heavy atom. The molecule has 156 valence electrons. The molecule has 0 saturated carbocycles. The van der Waals surface area contributed by atoms with Gasteiger partial charge in [-0.05, 0) is 62.7 Å². The molecule has 29 heavy (non-hydrogen) atoms. The normalized spacial score (nSPS) is 16.5. The molecule has 0 bridgehead atoms. The molecule has 2 aromatic carbocycles. The van der Waals surface area contributed by atoms with E-state index < -0.39 is 0 Å². The van der Waals surface area contributed by atoms with Crippen LogP contribution in [-0.4, -0.2) is 47.9 Å². The van der Waals surface area contributed by atoms with Gasteiger partial charge in [-0.15, -0.1) is 0 Å². The lowest BCUT2D eigenvalue weighted by Crippen LogP contribution is -2.47. The number of piperidine rings is 1. The van der Waals surface area contributed by atoms with Crippen molar-refractivity contribution in [3.63, 3.8) is 0 Å². The lowest BCUT2D eigenvalue weighted by atomic mass is 9.89. The number of rotatable bonds is 9. The molecule has 1 atom stereocenters. The molecule has 0 aliphatic carbocycles. The quantitative estimate of drug-likeness (QED) is 0.611. The molecule has 1 heterocycles. The molecule has 1 amide bonds. The van der Waals surface area contributed by atoms with Crippen LogP contribution < -0.4 is 0 Å². The SMILES string of the molecule is CCC(=O)N(CCc1ccccc1)CC(C)N1CCC(Cc2ccccc2)CC1. The van der Waals surface area contributed by atoms with Gasteiger partial charge in [-0.2, -0.15) is 0 Å². The van der Waals surface area contributed by atoms with Crippen LogP contribution in [0, 0.1) is 5.92 Å². The second-order valence-corrected chi connectivity index (χ2v) is 8.45. The minimum absolute atomic E-state index is 0.270. The summed E-state index contributed by atoms with van der Waals surface area (Å²) in [5.74, 6) is 1.05. The van der Waals surface area contributed by atoms with E-state index in [1.165, 1.54) is 30.4 Å². The van der Waals surface area contributed by atoms with Gasteiger partial charge >= 0.3 is 0 Å². The van der Waals surface area contributed by atoms with Gasteiger partial charge in [-0.1, -0.05) is 67.6 Å². The molecular weight excluding hydrogens is 356 g/mol. The van der Waals surface area contributed by atoms with E-state index in [1.807, 2.05) is 13.0 Å². The summed E-state index contributed by atoms with van der Waals surface area (Å²) in [5.41, 5.74) is 2.76. The zero-order valence-electron chi connectivity index (χ0n) is 18.1. The lowest BCUT2D eigenvalue weighted by molar-refractivity contribution is -0.131. The first kappa shape index (κ1) is 21.6. The molecule has 0 aromatic heterocycles. The number of amides is 1. The van der Waals surface area contributed by atoms with Crippen LogP contribution >= 0.6 is 0 Å². The van der Waals surface area contributed by atoms with E-state index in [1.54, 1.807) is 0 Å². The standard InChI is InChI=1S/C26H36N2O/c1-3-26(29)28(19-14-23-10-6-4-7-11-23)21-22(2)27-17-15-25(16-18-27)20-24-12-8-5-9-13-24/h4-13,22,25H,3,14-21H2,1-2H3. The molecule has 3 rings (SSSR count). The maximum atomic E-state index is 12.5. The highest BCUT2D eigenvalue weighted by atomic mass is 16.2. The molecule has 1 aliphatic rings. The zero-order chi connectivity index (χ0) is 20.5. The third-order valence-electron chi connectivity index (χ3n) is 6.29. The average Bonchev–Trinajstić information content (AvgIpc) is 2.78. The molecule has 1 unspecified atom stereocenters. The molecule has 1 saturated heterocycles. The van der Waals surface area contributed by atoms with E-state index in [4.69, 9.17) is 0 Å². The second kappa shape index (κ2) is 11.2. The van der Waals surface area contributed by atoms with E-state index >= 15 is 0 Å². The monoisotopic (exact) mass is 392 g/mol. The fraction of sp³-hybridized carbons (Fsp3) is 0.500. The Hall–Kier alpha value is -2.13. The average molecular weight is 393 g/mol. The highest BCUT2D eigenvalue weighted by Crippen LogP contribution is 2.23. The summed E-state index contributed by atoms with van der Waals surface area (Å²) in [6.45, 7) is 8.19. The fourth-order valence-electron chi connectivity index (χ4n) is 4.43. The van der Waals surface area contributed by atoms with Crippen LogP contribution in [-0.2, 0) is 17.6 Å². The summed E-state index contributed by atoms with van der Waals surface area (Å²) in [6, 6.07) is 21.8. The van der Waals surface area contributed by atoms with Crippen molar-refractivity contribution in [1.29, 1.82) is 0 Å². The Balaban J connectivity index is 1.48. The first-order valence-corrected chi connectivity index (χ1v) is 11.3. The van der Waals surface area contributed by atoms with Crippen LogP contribution in [0.25, 0.3) is 0 Å². The second-order valence-electron chi connectivity index (χ2n) is 8.45. The van der Waals surface area contributed by atoms with Crippen molar-refractivity contribution in [1.82, 2.24) is 9.80 Å². The highest BCUT2D eigenvalue weighted by molar-refractivity contribution is 5.75. The smallest absolute Gasteiger partial charge is 0.222 e. The van der Waals surface area contributed by atoms with E-state index in [2.05, 4.69) is 71.3 Å². The summed E-state index contributed by atoms with van der Waals surface area (Å²) in [4.78, 5) is 17.2. The largest absolute Gasteiger partial charge is 0.341 e. The number of hydrogen-bond donors (Lipinski definition) is 0. The van der Waals surface area contributed by atoms with Crippen molar-refractivity contribution >= 4 is 5.91 Å². The van der Waals surface area contributed by atoms with Crippen LogP contribution in [0.15, 0.2) is 60.7 Å². The zero-order valence-corrected chi connectivity index (χ0v) is 18.1. The molecule has 0 N–H and O–H groups in total. The molecule has 3 nitrogen and oxygen atoms in total. The van der Waals surface area contributed by atoms with Crippen LogP contribution in [0.5, 0.6) is 0 Å². The Bertz CT molecular complexity index is 723. The molecule has 1 fully saturated rings. The molecule has 1 aliphatic heterocycles. The van der Waals surface area contributed by atoms with Crippen molar-refractivity contribution in [3.05, 3.63) is 71.8 Å². The third kappa shape index (κ3) is 6.71. The van der Waals surface area contributed by atoms with Gasteiger partial charge in [0.25, 0.3) is 0 Å². The number of nitrogens with zero attached hydrogens (tertiary/aromatic N) is 2. The van der Waals surface area contributed by atoms with Crippen molar-refractivity contribution in [2.24, 2.45) is 5.92 Å². The van der Waals surface area contributed by atoms with Gasteiger partial charge in [0.1, 0.15) is 0 Å². The Morgan fingerprint density at radius 1 is 1.00 bits per heavy atom. The van der Waals surface area contributed by atoms with Gasteiger partial charge < -0.3 is 4.90 Å². The third-order valence-corrected chi connectivity index (χ3v) is 6.29. The van der Waals surface area contributed by atoms with Gasteiger partial charge in [0.2, 0.25) is 5.91 Å². The van der Waals surface area contributed by atoms with E-state index in [9.17, 15) is 4.79 Å². The van der Waals surface area contributed by atoms with Gasteiger partial charge in [0.05, 0.1) is 0 Å². The number of likely N-dealkylation sites (tertiary alicyclic amines) is 1. The molecule has 2 aromatic rings. The molecule has 3 heteroatoms. The van der Waals surface area contributed by atoms with E-state index in [0.717, 1.165) is 38.5 Å². The summed E-state index contributed by atoms with van der Waals surface area (Å²) < 4.78 is 0. The van der Waals surface area contributed by atoms with E-state index in [0.29, 0.717) is 12.5 Å². The summed E-state index contributed by atoms with van der Waals surface area (Å²) in [7, 11) is 0. The summed E-state index contributed by atoms with van der Waals surface area (Å²) in [5, 5.41) is 0. The van der Waals surface area contributed by atoms with Gasteiger partial charge in [-0.25, -0.2) is 0 Å². The van der Waals surface area contributed by atoms with Crippen LogP contribution in [0.2, 0.25) is 0 Å². The minimum Gasteiger partial charge on any atom is -0.341 e. The number of benzene rings is 2. The first-order valence-electron chi connectivity index (χ1n) is 11.3. The maximum absolute atomic E-state index is 12.5. The number of hydrogen-bond acceptors (Lipinski definition) is 2. The van der Waals surface area contributed by atoms with E-state index in [-0.39, 0.29) is 5.91 Å². The Kier molecular flexibility index (Phi) is 8.30. The summed E-state index contributed by atoms with van der Waals surface area (Å²) in [6.07, 6.45) is 5.22. The van der Waals surface area contributed by atoms with Crippen molar-refractivity contribution in [2.45, 2.75) is 52.0 Å². The topological polar surface area (TPSA) is 23.6 Å². The number of carbonyl (C=O) groups excluding carboxylic acids is 1. The van der Waals surface area contributed by atoms with Crippen molar-refractivity contribution in [2.75, 3.05) is 26.2 Å². The van der Waals surface area contributed by atoms with Gasteiger partial charge in [-0.3, -0.25) is 9.69 Å². The van der Waals surface area contributed by atoms with Crippen LogP contribution in [0.3, 0.4) is 0 Å². The van der Waals surface area contributed by atoms with Crippen molar-refractivity contribution in [3.8, 4) is 0 Å². The summed E-state index contributed by atoms with van der Waals surface area (Å²) >= 11 is 0.